The predicted molar refractivity (Wildman–Crippen MR) is 151 cm³/mol. The Bertz CT molecular complexity index is 1170. The van der Waals surface area contributed by atoms with Crippen molar-refractivity contribution in [3.05, 3.63) is 101 Å². The summed E-state index contributed by atoms with van der Waals surface area (Å²) in [6.45, 7) is 5.02. The molecule has 208 valence electrons. The lowest BCUT2D eigenvalue weighted by molar-refractivity contribution is -0.253. The number of aliphatic hydroxyl groups is 2. The number of carbonyl (C=O) groups is 1. The van der Waals surface area contributed by atoms with Crippen molar-refractivity contribution in [3.8, 4) is 0 Å². The van der Waals surface area contributed by atoms with Crippen LogP contribution in [0.2, 0.25) is 0 Å². The molecular formula is C31H39N3O5. The van der Waals surface area contributed by atoms with E-state index in [0.29, 0.717) is 25.2 Å². The van der Waals surface area contributed by atoms with Crippen LogP contribution in [-0.2, 0) is 16.1 Å². The molecule has 0 radical (unpaired) electrons. The normalized spacial score (nSPS) is 20.8. The number of nitrogens with one attached hydrogen (secondary N) is 2. The van der Waals surface area contributed by atoms with Crippen molar-refractivity contribution < 1.29 is 24.5 Å². The van der Waals surface area contributed by atoms with Crippen LogP contribution in [-0.4, -0.2) is 53.4 Å². The highest BCUT2D eigenvalue weighted by Gasteiger charge is 2.34. The lowest BCUT2D eigenvalue weighted by Crippen LogP contribution is -2.43. The summed E-state index contributed by atoms with van der Waals surface area (Å²) in [4.78, 5) is 14.0. The van der Waals surface area contributed by atoms with Crippen molar-refractivity contribution in [2.75, 3.05) is 25.5 Å². The molecule has 4 N–H and O–H groups in total. The lowest BCUT2D eigenvalue weighted by atomic mass is 9.98. The van der Waals surface area contributed by atoms with Crippen LogP contribution in [0.5, 0.6) is 0 Å². The molecule has 8 heteroatoms. The van der Waals surface area contributed by atoms with E-state index in [2.05, 4.69) is 15.5 Å². The summed E-state index contributed by atoms with van der Waals surface area (Å²) in [5.41, 5.74) is 4.26. The molecule has 0 aromatic heterocycles. The van der Waals surface area contributed by atoms with Crippen molar-refractivity contribution >= 4 is 11.7 Å². The van der Waals surface area contributed by atoms with Crippen molar-refractivity contribution in [3.63, 3.8) is 0 Å². The van der Waals surface area contributed by atoms with Gasteiger partial charge in [0.05, 0.1) is 24.9 Å². The van der Waals surface area contributed by atoms with Gasteiger partial charge in [-0.15, -0.1) is 0 Å². The largest absolute Gasteiger partial charge is 0.392 e. The van der Waals surface area contributed by atoms with E-state index >= 15 is 0 Å². The Balaban J connectivity index is 1.50. The maximum atomic E-state index is 11.9. The number of hydrogen-bond acceptors (Lipinski definition) is 6. The highest BCUT2D eigenvalue weighted by atomic mass is 16.7. The average molecular weight is 534 g/mol. The van der Waals surface area contributed by atoms with Crippen molar-refractivity contribution in [2.24, 2.45) is 0 Å². The number of rotatable bonds is 10. The van der Waals surface area contributed by atoms with Crippen LogP contribution in [0.15, 0.2) is 78.9 Å². The third-order valence-corrected chi connectivity index (χ3v) is 7.18. The van der Waals surface area contributed by atoms with Gasteiger partial charge in [0.1, 0.15) is 0 Å². The first-order chi connectivity index (χ1) is 18.9. The van der Waals surface area contributed by atoms with E-state index in [-0.39, 0.29) is 30.9 Å². The van der Waals surface area contributed by atoms with Gasteiger partial charge in [0, 0.05) is 36.8 Å². The van der Waals surface area contributed by atoms with Gasteiger partial charge in [-0.2, -0.15) is 0 Å². The molecule has 2 amide bonds. The van der Waals surface area contributed by atoms with Gasteiger partial charge >= 0.3 is 6.03 Å². The molecular weight excluding hydrogens is 494 g/mol. The SMILES string of the molecule is CCNC(=O)Nc1ccc([C@H]2O[C@@H](CN(C)[C@H](C)[C@@H](O)c3ccccc3)C[C@@H](c3ccc(CO)cc3)O2)cc1. The lowest BCUT2D eigenvalue weighted by Gasteiger charge is -2.39. The number of aliphatic hydroxyl groups excluding tert-OH is 2. The topological polar surface area (TPSA) is 103 Å². The third-order valence-electron chi connectivity index (χ3n) is 7.18. The number of ether oxygens (including phenoxy) is 2. The van der Waals surface area contributed by atoms with Gasteiger partial charge in [-0.1, -0.05) is 66.7 Å². The van der Waals surface area contributed by atoms with E-state index in [4.69, 9.17) is 9.47 Å². The van der Waals surface area contributed by atoms with E-state index in [1.807, 2.05) is 99.8 Å². The van der Waals surface area contributed by atoms with Crippen molar-refractivity contribution in [1.82, 2.24) is 10.2 Å². The van der Waals surface area contributed by atoms with Gasteiger partial charge in [0.15, 0.2) is 6.29 Å². The maximum absolute atomic E-state index is 11.9. The quantitative estimate of drug-likeness (QED) is 0.295. The highest BCUT2D eigenvalue weighted by molar-refractivity contribution is 5.89. The molecule has 5 atom stereocenters. The standard InChI is InChI=1S/C31H39N3O5/c1-4-32-31(37)33-26-16-14-25(15-17-26)30-38-27(18-28(39-30)23-12-10-22(20-35)11-13-23)19-34(3)21(2)29(36)24-8-6-5-7-9-24/h5-17,21,27-30,35-36H,4,18-20H2,1-3H3,(H2,32,33,37)/t21-,27-,28+,29-,30+/m1/s1. The maximum Gasteiger partial charge on any atom is 0.319 e. The summed E-state index contributed by atoms with van der Waals surface area (Å²) in [7, 11) is 2.00. The molecule has 1 aliphatic rings. The first kappa shape index (κ1) is 28.7. The van der Waals surface area contributed by atoms with Crippen LogP contribution in [0.4, 0.5) is 10.5 Å². The van der Waals surface area contributed by atoms with Crippen LogP contribution >= 0.6 is 0 Å². The Morgan fingerprint density at radius 2 is 1.67 bits per heavy atom. The number of carbonyl (C=O) groups excluding carboxylic acids is 1. The molecule has 39 heavy (non-hydrogen) atoms. The van der Waals surface area contributed by atoms with Gasteiger partial charge in [-0.25, -0.2) is 4.79 Å². The van der Waals surface area contributed by atoms with Gasteiger partial charge in [-0.05, 0) is 49.7 Å². The van der Waals surface area contributed by atoms with Gasteiger partial charge in [0.25, 0.3) is 0 Å². The van der Waals surface area contributed by atoms with Crippen molar-refractivity contribution in [1.29, 1.82) is 0 Å². The zero-order valence-corrected chi connectivity index (χ0v) is 22.8. The second-order valence-electron chi connectivity index (χ2n) is 9.99. The molecule has 1 aliphatic heterocycles. The van der Waals surface area contributed by atoms with Gasteiger partial charge in [0.2, 0.25) is 0 Å². The second-order valence-corrected chi connectivity index (χ2v) is 9.99. The molecule has 3 aromatic rings. The van der Waals surface area contributed by atoms with Crippen LogP contribution in [0, 0.1) is 0 Å². The van der Waals surface area contributed by atoms with Crippen LogP contribution < -0.4 is 10.6 Å². The Hall–Kier alpha value is -3.27. The molecule has 0 saturated carbocycles. The zero-order chi connectivity index (χ0) is 27.8. The van der Waals surface area contributed by atoms with E-state index in [1.54, 1.807) is 0 Å². The highest BCUT2D eigenvalue weighted by Crippen LogP contribution is 2.38. The summed E-state index contributed by atoms with van der Waals surface area (Å²) >= 11 is 0. The molecule has 1 fully saturated rings. The molecule has 3 aromatic carbocycles. The number of nitrogens with zero attached hydrogens (tertiary/aromatic N) is 1. The summed E-state index contributed by atoms with van der Waals surface area (Å²) in [6.07, 6.45) is -0.956. The smallest absolute Gasteiger partial charge is 0.319 e. The first-order valence-electron chi connectivity index (χ1n) is 13.5. The van der Waals surface area contributed by atoms with E-state index < -0.39 is 12.4 Å². The Morgan fingerprint density at radius 1 is 1.00 bits per heavy atom. The van der Waals surface area contributed by atoms with Crippen LogP contribution in [0.1, 0.15) is 61.0 Å². The first-order valence-corrected chi connectivity index (χ1v) is 13.5. The fraction of sp³-hybridized carbons (Fsp3) is 0.387. The molecule has 0 bridgehead atoms. The Kier molecular flexibility index (Phi) is 10.1. The zero-order valence-electron chi connectivity index (χ0n) is 22.8. The molecule has 0 spiro atoms. The van der Waals surface area contributed by atoms with E-state index in [0.717, 1.165) is 22.3 Å². The van der Waals surface area contributed by atoms with Gasteiger partial charge in [-0.3, -0.25) is 4.90 Å². The summed E-state index contributed by atoms with van der Waals surface area (Å²) in [5, 5.41) is 25.9. The number of benzene rings is 3. The van der Waals surface area contributed by atoms with Crippen LogP contribution in [0.25, 0.3) is 0 Å². The van der Waals surface area contributed by atoms with E-state index in [9.17, 15) is 15.0 Å². The minimum absolute atomic E-state index is 0.0107. The summed E-state index contributed by atoms with van der Waals surface area (Å²) in [6, 6.07) is 24.5. The van der Waals surface area contributed by atoms with Crippen molar-refractivity contribution in [2.45, 2.75) is 57.5 Å². The molecule has 8 nitrogen and oxygen atoms in total. The molecule has 0 unspecified atom stereocenters. The van der Waals surface area contributed by atoms with Gasteiger partial charge < -0.3 is 30.3 Å². The Labute approximate surface area is 230 Å². The minimum Gasteiger partial charge on any atom is -0.392 e. The number of amides is 2. The molecule has 4 rings (SSSR count). The second kappa shape index (κ2) is 13.7. The summed E-state index contributed by atoms with van der Waals surface area (Å²) in [5.74, 6) is 0. The number of likely N-dealkylation sites (N-methyl/N-ethyl adjacent to an activating group) is 1. The number of anilines is 1. The predicted octanol–water partition coefficient (Wildman–Crippen LogP) is 4.92. The number of urea groups is 1. The average Bonchev–Trinajstić information content (AvgIpc) is 2.97. The fourth-order valence-electron chi connectivity index (χ4n) is 4.75. The molecule has 0 aliphatic carbocycles. The fourth-order valence-corrected chi connectivity index (χ4v) is 4.75. The monoisotopic (exact) mass is 533 g/mol. The third kappa shape index (κ3) is 7.65. The summed E-state index contributed by atoms with van der Waals surface area (Å²) < 4.78 is 12.9. The molecule has 1 saturated heterocycles. The molecule has 1 heterocycles. The minimum atomic E-state index is -0.626. The number of hydrogen-bond donors (Lipinski definition) is 4. The Morgan fingerprint density at radius 3 is 2.31 bits per heavy atom. The van der Waals surface area contributed by atoms with Crippen LogP contribution in [0.3, 0.4) is 0 Å². The van der Waals surface area contributed by atoms with E-state index in [1.165, 1.54) is 0 Å².